The zero-order valence-corrected chi connectivity index (χ0v) is 14.6. The molecule has 2 aliphatic rings. The van der Waals surface area contributed by atoms with E-state index in [1.807, 2.05) is 24.1 Å². The van der Waals surface area contributed by atoms with Gasteiger partial charge in [-0.05, 0) is 24.6 Å². The Bertz CT molecular complexity index is 852. The number of hydrogen-bond acceptors (Lipinski definition) is 5. The largest absolute Gasteiger partial charge is 0.304 e. The molecule has 7 nitrogen and oxygen atoms in total. The molecule has 0 bridgehead atoms. The number of carbonyl (C=O) groups excluding carboxylic acids is 3. The van der Waals surface area contributed by atoms with Gasteiger partial charge in [0.2, 0.25) is 0 Å². The lowest BCUT2D eigenvalue weighted by atomic mass is 9.95. The summed E-state index contributed by atoms with van der Waals surface area (Å²) < 4.78 is 0. The predicted molar refractivity (Wildman–Crippen MR) is 96.5 cm³/mol. The maximum absolute atomic E-state index is 12.8. The molecule has 3 amide bonds. The van der Waals surface area contributed by atoms with Crippen LogP contribution in [0.1, 0.15) is 20.7 Å². The second-order valence-electron chi connectivity index (χ2n) is 6.77. The summed E-state index contributed by atoms with van der Waals surface area (Å²) in [7, 11) is 2.04. The quantitative estimate of drug-likeness (QED) is 0.824. The number of nitrogens with zero attached hydrogens (tertiary/aromatic N) is 3. The van der Waals surface area contributed by atoms with E-state index in [0.717, 1.165) is 36.6 Å². The molecule has 2 aromatic rings. The molecule has 0 aromatic heterocycles. The Balaban J connectivity index is 1.54. The highest BCUT2D eigenvalue weighted by Crippen LogP contribution is 2.29. The molecule has 134 valence electrons. The molecule has 2 aromatic carbocycles. The minimum Gasteiger partial charge on any atom is -0.304 e. The van der Waals surface area contributed by atoms with Gasteiger partial charge in [0, 0.05) is 31.6 Å². The van der Waals surface area contributed by atoms with Gasteiger partial charge < -0.3 is 4.90 Å². The molecule has 1 saturated heterocycles. The number of benzene rings is 2. The first-order chi connectivity index (χ1) is 12.5. The van der Waals surface area contributed by atoms with E-state index in [1.165, 1.54) is 0 Å². The van der Waals surface area contributed by atoms with Crippen molar-refractivity contribution in [3.05, 3.63) is 47.5 Å². The fraction of sp³-hybridized carbons (Fsp3) is 0.316. The van der Waals surface area contributed by atoms with E-state index < -0.39 is 11.8 Å². The standard InChI is InChI=1S/C19H20N4O3/c1-21-8-10-22(11-9-21)12-16(24)20-23-18(25)14-6-2-4-13-5-3-7-15(17(13)14)19(23)26/h2-7H,8-12H2,1H3,(H,20,24). The second-order valence-corrected chi connectivity index (χ2v) is 6.77. The van der Waals surface area contributed by atoms with Gasteiger partial charge in [-0.3, -0.25) is 24.7 Å². The number of likely N-dealkylation sites (N-methyl/N-ethyl adjacent to an activating group) is 1. The van der Waals surface area contributed by atoms with Crippen LogP contribution in [0.2, 0.25) is 0 Å². The van der Waals surface area contributed by atoms with E-state index in [9.17, 15) is 14.4 Å². The maximum atomic E-state index is 12.8. The minimum atomic E-state index is -0.494. The summed E-state index contributed by atoms with van der Waals surface area (Å²) in [4.78, 5) is 42.1. The van der Waals surface area contributed by atoms with Gasteiger partial charge in [0.15, 0.2) is 0 Å². The Morgan fingerprint density at radius 2 is 1.54 bits per heavy atom. The molecule has 0 radical (unpaired) electrons. The van der Waals surface area contributed by atoms with Crippen LogP contribution in [0.15, 0.2) is 36.4 Å². The first-order valence-electron chi connectivity index (χ1n) is 8.65. The number of piperazine rings is 1. The SMILES string of the molecule is CN1CCN(CC(=O)NN2C(=O)c3cccc4cccc(c34)C2=O)CC1. The van der Waals surface area contributed by atoms with Crippen molar-refractivity contribution in [2.45, 2.75) is 0 Å². The van der Waals surface area contributed by atoms with Crippen LogP contribution < -0.4 is 5.43 Å². The molecule has 0 unspecified atom stereocenters. The summed E-state index contributed by atoms with van der Waals surface area (Å²) in [6.45, 7) is 3.52. The van der Waals surface area contributed by atoms with Gasteiger partial charge in [-0.25, -0.2) is 0 Å². The molecule has 1 fully saturated rings. The molecule has 0 saturated carbocycles. The van der Waals surface area contributed by atoms with Crippen molar-refractivity contribution in [3.8, 4) is 0 Å². The normalized spacial score (nSPS) is 18.4. The fourth-order valence-corrected chi connectivity index (χ4v) is 3.50. The lowest BCUT2D eigenvalue weighted by Gasteiger charge is -2.32. The Hall–Kier alpha value is -2.77. The van der Waals surface area contributed by atoms with E-state index in [1.54, 1.807) is 24.3 Å². The lowest BCUT2D eigenvalue weighted by molar-refractivity contribution is -0.125. The Labute approximate surface area is 151 Å². The van der Waals surface area contributed by atoms with Gasteiger partial charge in [0.25, 0.3) is 17.7 Å². The van der Waals surface area contributed by atoms with Crippen molar-refractivity contribution in [3.63, 3.8) is 0 Å². The van der Waals surface area contributed by atoms with Crippen molar-refractivity contribution in [2.75, 3.05) is 39.8 Å². The molecule has 1 N–H and O–H groups in total. The van der Waals surface area contributed by atoms with E-state index in [0.29, 0.717) is 16.5 Å². The van der Waals surface area contributed by atoms with E-state index in [2.05, 4.69) is 10.3 Å². The summed E-state index contributed by atoms with van der Waals surface area (Å²) in [5.74, 6) is -1.35. The van der Waals surface area contributed by atoms with Crippen molar-refractivity contribution in [2.24, 2.45) is 0 Å². The van der Waals surface area contributed by atoms with Crippen LogP contribution in [0.3, 0.4) is 0 Å². The van der Waals surface area contributed by atoms with E-state index in [-0.39, 0.29) is 12.5 Å². The van der Waals surface area contributed by atoms with Crippen LogP contribution in [0, 0.1) is 0 Å². The topological polar surface area (TPSA) is 73.0 Å². The Morgan fingerprint density at radius 3 is 2.12 bits per heavy atom. The van der Waals surface area contributed by atoms with Crippen LogP contribution in [0.5, 0.6) is 0 Å². The van der Waals surface area contributed by atoms with Crippen LogP contribution in [-0.4, -0.2) is 72.3 Å². The molecule has 0 spiro atoms. The Kier molecular flexibility index (Phi) is 4.18. The summed E-state index contributed by atoms with van der Waals surface area (Å²) in [5.41, 5.74) is 3.36. The number of imide groups is 1. The molecule has 0 atom stereocenters. The van der Waals surface area contributed by atoms with Crippen molar-refractivity contribution >= 4 is 28.5 Å². The summed E-state index contributed by atoms with van der Waals surface area (Å²) in [6, 6.07) is 10.6. The van der Waals surface area contributed by atoms with Crippen molar-refractivity contribution < 1.29 is 14.4 Å². The monoisotopic (exact) mass is 352 g/mol. The van der Waals surface area contributed by atoms with Crippen molar-refractivity contribution in [1.82, 2.24) is 20.2 Å². The predicted octanol–water partition coefficient (Wildman–Crippen LogP) is 0.714. The second kappa shape index (κ2) is 6.51. The Morgan fingerprint density at radius 1 is 0.962 bits per heavy atom. The lowest BCUT2D eigenvalue weighted by Crippen LogP contribution is -2.55. The van der Waals surface area contributed by atoms with Crippen molar-refractivity contribution in [1.29, 1.82) is 0 Å². The highest BCUT2D eigenvalue weighted by Gasteiger charge is 2.34. The van der Waals surface area contributed by atoms with Crippen LogP contribution >= 0.6 is 0 Å². The van der Waals surface area contributed by atoms with Gasteiger partial charge in [0.05, 0.1) is 17.7 Å². The fourth-order valence-electron chi connectivity index (χ4n) is 3.50. The number of hydrogen-bond donors (Lipinski definition) is 1. The third kappa shape index (κ3) is 2.85. The molecule has 2 heterocycles. The highest BCUT2D eigenvalue weighted by atomic mass is 16.2. The van der Waals surface area contributed by atoms with Crippen LogP contribution in [0.4, 0.5) is 0 Å². The summed E-state index contributed by atoms with van der Waals surface area (Å²) in [5, 5.41) is 2.33. The van der Waals surface area contributed by atoms with E-state index in [4.69, 9.17) is 0 Å². The third-order valence-corrected chi connectivity index (χ3v) is 4.97. The number of amides is 3. The average Bonchev–Trinajstić information content (AvgIpc) is 2.65. The third-order valence-electron chi connectivity index (χ3n) is 4.97. The first-order valence-corrected chi connectivity index (χ1v) is 8.65. The number of rotatable bonds is 3. The van der Waals surface area contributed by atoms with Gasteiger partial charge in [-0.2, -0.15) is 5.01 Å². The van der Waals surface area contributed by atoms with Crippen LogP contribution in [0.25, 0.3) is 10.8 Å². The number of nitrogens with one attached hydrogen (secondary N) is 1. The smallest absolute Gasteiger partial charge is 0.280 e. The molecule has 26 heavy (non-hydrogen) atoms. The van der Waals surface area contributed by atoms with E-state index >= 15 is 0 Å². The zero-order valence-electron chi connectivity index (χ0n) is 14.6. The maximum Gasteiger partial charge on any atom is 0.280 e. The highest BCUT2D eigenvalue weighted by molar-refractivity contribution is 6.25. The molecule has 4 rings (SSSR count). The molecular weight excluding hydrogens is 332 g/mol. The first kappa shape index (κ1) is 16.7. The number of carbonyl (C=O) groups is 3. The van der Waals surface area contributed by atoms with Gasteiger partial charge >= 0.3 is 0 Å². The number of hydrazine groups is 1. The minimum absolute atomic E-state index is 0.163. The van der Waals surface area contributed by atoms with Gasteiger partial charge in [-0.15, -0.1) is 0 Å². The summed E-state index contributed by atoms with van der Waals surface area (Å²) >= 11 is 0. The zero-order chi connectivity index (χ0) is 18.3. The summed E-state index contributed by atoms with van der Waals surface area (Å²) in [6.07, 6.45) is 0. The van der Waals surface area contributed by atoms with Gasteiger partial charge in [-0.1, -0.05) is 24.3 Å². The average molecular weight is 352 g/mol. The van der Waals surface area contributed by atoms with Crippen LogP contribution in [-0.2, 0) is 4.79 Å². The molecular formula is C19H20N4O3. The molecule has 7 heteroatoms. The molecule has 2 aliphatic heterocycles. The van der Waals surface area contributed by atoms with Gasteiger partial charge in [0.1, 0.15) is 0 Å². The molecule has 0 aliphatic carbocycles.